The smallest absolute Gasteiger partial charge is 0.159 e. The molecule has 0 saturated carbocycles. The van der Waals surface area contributed by atoms with Crippen molar-refractivity contribution in [2.75, 3.05) is 33.9 Å². The Hall–Kier alpha value is -3.81. The van der Waals surface area contributed by atoms with Gasteiger partial charge in [0.2, 0.25) is 0 Å². The van der Waals surface area contributed by atoms with E-state index in [2.05, 4.69) is 83.2 Å². The summed E-state index contributed by atoms with van der Waals surface area (Å²) in [6, 6.07) is 23.9. The molecule has 3 aliphatic heterocycles. The van der Waals surface area contributed by atoms with Gasteiger partial charge >= 0.3 is 0 Å². The molecular weight excluding hydrogens is 558 g/mol. The number of rotatable bonds is 13. The standard InChI is InChI=1S/C38H47N5O2/c1-5-29(6-2)36-22-37(41-38(40-36)30-15-18-39-19-16-30)35-26-43-20-17-31(35)21-32(43)25-42(23-27-7-11-33(44-3)12-8-27)24-28-9-13-34(45-4)14-10-28/h7-16,18-19,22,29,31-32,35H,5-6,17,20-21,23-26H2,1-4H3/t31-,32+,35-/m0/s1. The maximum atomic E-state index is 5.41. The van der Waals surface area contributed by atoms with E-state index in [1.165, 1.54) is 35.4 Å². The molecule has 0 N–H and O–H groups in total. The highest BCUT2D eigenvalue weighted by atomic mass is 16.5. The van der Waals surface area contributed by atoms with Gasteiger partial charge in [-0.1, -0.05) is 38.1 Å². The van der Waals surface area contributed by atoms with Crippen LogP contribution < -0.4 is 9.47 Å². The van der Waals surface area contributed by atoms with Crippen molar-refractivity contribution in [1.82, 2.24) is 24.8 Å². The molecule has 3 aliphatic rings. The number of ether oxygens (including phenoxy) is 2. The average Bonchev–Trinajstić information content (AvgIpc) is 3.10. The van der Waals surface area contributed by atoms with Crippen LogP contribution in [0.5, 0.6) is 11.5 Å². The second-order valence-electron chi connectivity index (χ2n) is 12.7. The summed E-state index contributed by atoms with van der Waals surface area (Å²) >= 11 is 0. The maximum Gasteiger partial charge on any atom is 0.159 e. The minimum Gasteiger partial charge on any atom is -0.497 e. The zero-order valence-corrected chi connectivity index (χ0v) is 27.2. The van der Waals surface area contributed by atoms with Gasteiger partial charge in [-0.25, -0.2) is 9.97 Å². The second kappa shape index (κ2) is 14.5. The lowest BCUT2D eigenvalue weighted by atomic mass is 9.73. The first-order valence-corrected chi connectivity index (χ1v) is 16.6. The monoisotopic (exact) mass is 605 g/mol. The Kier molecular flexibility index (Phi) is 10.1. The molecule has 2 bridgehead atoms. The Bertz CT molecular complexity index is 1460. The fourth-order valence-corrected chi connectivity index (χ4v) is 7.35. The Labute approximate surface area is 268 Å². The summed E-state index contributed by atoms with van der Waals surface area (Å²) in [4.78, 5) is 19.9. The minimum absolute atomic E-state index is 0.434. The molecule has 2 aromatic heterocycles. The van der Waals surface area contributed by atoms with Gasteiger partial charge in [-0.15, -0.1) is 0 Å². The number of fused-ring (bicyclic) bond motifs is 3. The second-order valence-corrected chi connectivity index (χ2v) is 12.7. The number of hydrogen-bond donors (Lipinski definition) is 0. The summed E-state index contributed by atoms with van der Waals surface area (Å²) < 4.78 is 10.8. The summed E-state index contributed by atoms with van der Waals surface area (Å²) in [5.74, 6) is 4.14. The zero-order chi connectivity index (χ0) is 31.2. The number of aromatic nitrogens is 3. The number of pyridine rings is 1. The molecule has 3 fully saturated rings. The molecule has 1 unspecified atom stereocenters. The van der Waals surface area contributed by atoms with Crippen LogP contribution in [0.25, 0.3) is 11.4 Å². The molecule has 2 aromatic carbocycles. The first kappa shape index (κ1) is 31.2. The molecule has 4 aromatic rings. The van der Waals surface area contributed by atoms with E-state index in [1.807, 2.05) is 24.5 Å². The lowest BCUT2D eigenvalue weighted by Gasteiger charge is -2.51. The highest BCUT2D eigenvalue weighted by molar-refractivity contribution is 5.54. The van der Waals surface area contributed by atoms with Crippen molar-refractivity contribution in [2.45, 2.75) is 70.5 Å². The van der Waals surface area contributed by atoms with Crippen molar-refractivity contribution in [1.29, 1.82) is 0 Å². The zero-order valence-electron chi connectivity index (χ0n) is 27.2. The van der Waals surface area contributed by atoms with E-state index in [0.29, 0.717) is 23.8 Å². The minimum atomic E-state index is 0.434. The summed E-state index contributed by atoms with van der Waals surface area (Å²) in [6.45, 7) is 9.58. The third-order valence-electron chi connectivity index (χ3n) is 9.97. The van der Waals surface area contributed by atoms with Gasteiger partial charge in [-0.3, -0.25) is 14.8 Å². The fraction of sp³-hybridized carbons (Fsp3) is 0.447. The highest BCUT2D eigenvalue weighted by Crippen LogP contribution is 2.42. The van der Waals surface area contributed by atoms with Gasteiger partial charge in [0.25, 0.3) is 0 Å². The van der Waals surface area contributed by atoms with Crippen molar-refractivity contribution in [3.63, 3.8) is 0 Å². The summed E-state index contributed by atoms with van der Waals surface area (Å²) in [7, 11) is 3.44. The maximum absolute atomic E-state index is 5.41. The molecule has 7 heteroatoms. The number of benzene rings is 2. The predicted molar refractivity (Wildman–Crippen MR) is 180 cm³/mol. The normalized spacial score (nSPS) is 20.9. The third-order valence-corrected chi connectivity index (χ3v) is 9.97. The number of nitrogens with zero attached hydrogens (tertiary/aromatic N) is 5. The van der Waals surface area contributed by atoms with E-state index < -0.39 is 0 Å². The van der Waals surface area contributed by atoms with E-state index in [-0.39, 0.29) is 0 Å². The van der Waals surface area contributed by atoms with E-state index in [9.17, 15) is 0 Å². The van der Waals surface area contributed by atoms with Gasteiger partial charge in [-0.2, -0.15) is 0 Å². The van der Waals surface area contributed by atoms with E-state index in [4.69, 9.17) is 19.4 Å². The largest absolute Gasteiger partial charge is 0.497 e. The van der Waals surface area contributed by atoms with Crippen LogP contribution >= 0.6 is 0 Å². The van der Waals surface area contributed by atoms with Gasteiger partial charge in [0.1, 0.15) is 11.5 Å². The van der Waals surface area contributed by atoms with Crippen molar-refractivity contribution >= 4 is 0 Å². The van der Waals surface area contributed by atoms with Gasteiger partial charge in [0.15, 0.2) is 5.82 Å². The molecule has 0 aliphatic carbocycles. The van der Waals surface area contributed by atoms with Crippen LogP contribution in [0.3, 0.4) is 0 Å². The van der Waals surface area contributed by atoms with Crippen molar-refractivity contribution in [3.8, 4) is 22.9 Å². The third kappa shape index (κ3) is 7.37. The quantitative estimate of drug-likeness (QED) is 0.158. The lowest BCUT2D eigenvalue weighted by Crippen LogP contribution is -2.56. The molecule has 0 amide bonds. The van der Waals surface area contributed by atoms with Crippen molar-refractivity contribution in [2.24, 2.45) is 5.92 Å². The van der Waals surface area contributed by atoms with E-state index in [0.717, 1.165) is 68.5 Å². The van der Waals surface area contributed by atoms with Crippen LogP contribution in [0.15, 0.2) is 79.1 Å². The molecule has 7 rings (SSSR count). The van der Waals surface area contributed by atoms with Crippen LogP contribution in [0.1, 0.15) is 73.9 Å². The first-order valence-electron chi connectivity index (χ1n) is 16.6. The molecule has 0 spiro atoms. The molecular formula is C38H47N5O2. The Morgan fingerprint density at radius 3 is 2.00 bits per heavy atom. The summed E-state index contributed by atoms with van der Waals surface area (Å²) in [5.41, 5.74) is 6.06. The van der Waals surface area contributed by atoms with Crippen LogP contribution in [-0.4, -0.2) is 64.6 Å². The number of methoxy groups -OCH3 is 2. The number of hydrogen-bond acceptors (Lipinski definition) is 7. The summed E-state index contributed by atoms with van der Waals surface area (Å²) in [6.07, 6.45) is 8.27. The molecule has 45 heavy (non-hydrogen) atoms. The van der Waals surface area contributed by atoms with Gasteiger partial charge in [0, 0.05) is 73.4 Å². The fourth-order valence-electron chi connectivity index (χ4n) is 7.35. The van der Waals surface area contributed by atoms with Crippen LogP contribution in [0, 0.1) is 5.92 Å². The number of piperidine rings is 3. The molecule has 5 heterocycles. The predicted octanol–water partition coefficient (Wildman–Crippen LogP) is 7.34. The molecule has 0 radical (unpaired) electrons. The molecule has 3 saturated heterocycles. The van der Waals surface area contributed by atoms with Gasteiger partial charge in [0.05, 0.1) is 14.2 Å². The Balaban J connectivity index is 1.22. The SMILES string of the molecule is CCC(CC)c1cc([C@H]2CN3CC[C@H]2C[C@@H]3CN(Cc2ccc(OC)cc2)Cc2ccc(OC)cc2)nc(-c2ccncc2)n1. The molecule has 236 valence electrons. The highest BCUT2D eigenvalue weighted by Gasteiger charge is 2.42. The topological polar surface area (TPSA) is 63.6 Å². The van der Waals surface area contributed by atoms with Gasteiger partial charge in [-0.05, 0) is 91.7 Å². The van der Waals surface area contributed by atoms with Crippen molar-refractivity contribution < 1.29 is 9.47 Å². The van der Waals surface area contributed by atoms with Crippen LogP contribution in [0.2, 0.25) is 0 Å². The Morgan fingerprint density at radius 2 is 1.47 bits per heavy atom. The average molecular weight is 606 g/mol. The Morgan fingerprint density at radius 1 is 0.844 bits per heavy atom. The van der Waals surface area contributed by atoms with E-state index >= 15 is 0 Å². The van der Waals surface area contributed by atoms with Gasteiger partial charge < -0.3 is 9.47 Å². The van der Waals surface area contributed by atoms with Crippen LogP contribution in [0.4, 0.5) is 0 Å². The lowest BCUT2D eigenvalue weighted by molar-refractivity contribution is 0.00846. The van der Waals surface area contributed by atoms with Crippen molar-refractivity contribution in [3.05, 3.63) is 102 Å². The van der Waals surface area contributed by atoms with Crippen LogP contribution in [-0.2, 0) is 13.1 Å². The molecule has 4 atom stereocenters. The summed E-state index contributed by atoms with van der Waals surface area (Å²) in [5, 5.41) is 0. The van der Waals surface area contributed by atoms with E-state index in [1.54, 1.807) is 14.2 Å². The first-order chi connectivity index (χ1) is 22.1. The molecule has 7 nitrogen and oxygen atoms in total.